The first-order chi connectivity index (χ1) is 13.3. The Hall–Kier alpha value is -2.09. The van der Waals surface area contributed by atoms with Gasteiger partial charge in [0.2, 0.25) is 0 Å². The first-order valence-corrected chi connectivity index (χ1v) is 10.5. The molecule has 3 aromatic heterocycles. The summed E-state index contributed by atoms with van der Waals surface area (Å²) in [6, 6.07) is 6.02. The Balaban J connectivity index is 1.96. The SMILES string of the molecule is CCCCCCCC(C)c1nc2ccc(N)nn2c1-c1ccc(C(F)(F)F)s1. The Bertz CT molecular complexity index is 929. The van der Waals surface area contributed by atoms with E-state index in [1.807, 2.05) is 0 Å². The summed E-state index contributed by atoms with van der Waals surface area (Å²) in [4.78, 5) is 4.57. The number of halogens is 3. The highest BCUT2D eigenvalue weighted by molar-refractivity contribution is 7.15. The van der Waals surface area contributed by atoms with Gasteiger partial charge in [0.15, 0.2) is 5.65 Å². The molecule has 2 N–H and O–H groups in total. The van der Waals surface area contributed by atoms with Gasteiger partial charge in [0, 0.05) is 5.92 Å². The fourth-order valence-electron chi connectivity index (χ4n) is 3.35. The van der Waals surface area contributed by atoms with E-state index in [0.717, 1.165) is 42.4 Å². The normalized spacial score (nSPS) is 13.3. The van der Waals surface area contributed by atoms with Crippen molar-refractivity contribution >= 4 is 22.8 Å². The molecule has 3 heterocycles. The Kier molecular flexibility index (Phi) is 6.27. The van der Waals surface area contributed by atoms with Gasteiger partial charge in [-0.3, -0.25) is 0 Å². The number of alkyl halides is 3. The number of nitrogens with zero attached hydrogens (tertiary/aromatic N) is 3. The second-order valence-corrected chi connectivity index (χ2v) is 8.22. The lowest BCUT2D eigenvalue weighted by Crippen LogP contribution is -2.01. The molecule has 0 aliphatic heterocycles. The molecular formula is C20H25F3N4S. The molecule has 0 aromatic carbocycles. The number of anilines is 1. The van der Waals surface area contributed by atoms with Crippen LogP contribution in [0, 0.1) is 0 Å². The van der Waals surface area contributed by atoms with E-state index in [1.165, 1.54) is 25.3 Å². The molecular weight excluding hydrogens is 385 g/mol. The molecule has 0 aliphatic rings. The lowest BCUT2D eigenvalue weighted by molar-refractivity contribution is -0.134. The number of rotatable bonds is 8. The second-order valence-electron chi connectivity index (χ2n) is 7.14. The van der Waals surface area contributed by atoms with Crippen molar-refractivity contribution in [3.63, 3.8) is 0 Å². The van der Waals surface area contributed by atoms with Gasteiger partial charge in [-0.05, 0) is 30.7 Å². The summed E-state index contributed by atoms with van der Waals surface area (Å²) in [5, 5.41) is 4.30. The molecule has 0 spiro atoms. The van der Waals surface area contributed by atoms with Crippen LogP contribution >= 0.6 is 11.3 Å². The maximum Gasteiger partial charge on any atom is 0.425 e. The van der Waals surface area contributed by atoms with Crippen LogP contribution in [-0.4, -0.2) is 14.6 Å². The van der Waals surface area contributed by atoms with Crippen molar-refractivity contribution in [2.24, 2.45) is 0 Å². The van der Waals surface area contributed by atoms with Crippen molar-refractivity contribution in [2.45, 2.75) is 64.5 Å². The molecule has 0 bridgehead atoms. The van der Waals surface area contributed by atoms with Crippen LogP contribution in [0.25, 0.3) is 16.2 Å². The number of hydrogen-bond donors (Lipinski definition) is 1. The summed E-state index contributed by atoms with van der Waals surface area (Å²) < 4.78 is 40.9. The molecule has 0 fully saturated rings. The van der Waals surface area contributed by atoms with Gasteiger partial charge < -0.3 is 5.73 Å². The third kappa shape index (κ3) is 4.48. The summed E-state index contributed by atoms with van der Waals surface area (Å²) in [6.45, 7) is 4.26. The van der Waals surface area contributed by atoms with Crippen LogP contribution in [0.3, 0.4) is 0 Å². The Morgan fingerprint density at radius 1 is 1.11 bits per heavy atom. The molecule has 3 aromatic rings. The largest absolute Gasteiger partial charge is 0.425 e. The van der Waals surface area contributed by atoms with Crippen LogP contribution in [0.1, 0.15) is 68.9 Å². The van der Waals surface area contributed by atoms with Crippen molar-refractivity contribution < 1.29 is 13.2 Å². The van der Waals surface area contributed by atoms with Gasteiger partial charge >= 0.3 is 6.18 Å². The van der Waals surface area contributed by atoms with E-state index in [2.05, 4.69) is 23.9 Å². The maximum absolute atomic E-state index is 13.1. The zero-order chi connectivity index (χ0) is 20.3. The highest BCUT2D eigenvalue weighted by Gasteiger charge is 2.33. The average Bonchev–Trinajstić information content (AvgIpc) is 3.25. The predicted octanol–water partition coefficient (Wildman–Crippen LogP) is 6.52. The van der Waals surface area contributed by atoms with Crippen molar-refractivity contribution in [2.75, 3.05) is 5.73 Å². The number of imidazole rings is 1. The molecule has 28 heavy (non-hydrogen) atoms. The van der Waals surface area contributed by atoms with Crippen LogP contribution in [0.15, 0.2) is 24.3 Å². The molecule has 0 radical (unpaired) electrons. The summed E-state index contributed by atoms with van der Waals surface area (Å²) >= 11 is 0.718. The monoisotopic (exact) mass is 410 g/mol. The molecule has 0 saturated carbocycles. The summed E-state index contributed by atoms with van der Waals surface area (Å²) in [5.74, 6) is 0.425. The van der Waals surface area contributed by atoms with Gasteiger partial charge in [0.1, 0.15) is 16.4 Å². The molecule has 4 nitrogen and oxygen atoms in total. The lowest BCUT2D eigenvalue weighted by atomic mass is 9.97. The first-order valence-electron chi connectivity index (χ1n) is 9.63. The summed E-state index contributed by atoms with van der Waals surface area (Å²) in [5.41, 5.74) is 7.81. The number of unbranched alkanes of at least 4 members (excludes halogenated alkanes) is 4. The number of nitrogens with two attached hydrogens (primary N) is 1. The zero-order valence-corrected chi connectivity index (χ0v) is 16.9. The van der Waals surface area contributed by atoms with E-state index in [0.29, 0.717) is 22.0 Å². The minimum absolute atomic E-state index is 0.121. The van der Waals surface area contributed by atoms with E-state index in [-0.39, 0.29) is 5.92 Å². The first kappa shape index (κ1) is 20.6. The highest BCUT2D eigenvalue weighted by atomic mass is 32.1. The fraction of sp³-hybridized carbons (Fsp3) is 0.500. The zero-order valence-electron chi connectivity index (χ0n) is 16.1. The third-order valence-corrected chi connectivity index (χ3v) is 5.99. The molecule has 0 aliphatic carbocycles. The van der Waals surface area contributed by atoms with Gasteiger partial charge in [-0.1, -0.05) is 46.0 Å². The average molecular weight is 411 g/mol. The van der Waals surface area contributed by atoms with E-state index in [1.54, 1.807) is 16.6 Å². The molecule has 0 saturated heterocycles. The molecule has 1 unspecified atom stereocenters. The minimum Gasteiger partial charge on any atom is -0.382 e. The molecule has 8 heteroatoms. The van der Waals surface area contributed by atoms with Crippen LogP contribution < -0.4 is 5.73 Å². The maximum atomic E-state index is 13.1. The Labute approximate surface area is 166 Å². The van der Waals surface area contributed by atoms with Crippen molar-refractivity contribution in [1.82, 2.24) is 14.6 Å². The van der Waals surface area contributed by atoms with E-state index in [9.17, 15) is 13.2 Å². The fourth-order valence-corrected chi connectivity index (χ4v) is 4.26. The van der Waals surface area contributed by atoms with Crippen LogP contribution in [0.5, 0.6) is 0 Å². The van der Waals surface area contributed by atoms with E-state index in [4.69, 9.17) is 5.73 Å². The number of thiophene rings is 1. The number of nitrogen functional groups attached to an aromatic ring is 1. The molecule has 152 valence electrons. The topological polar surface area (TPSA) is 56.2 Å². The van der Waals surface area contributed by atoms with Gasteiger partial charge in [0.25, 0.3) is 0 Å². The number of fused-ring (bicyclic) bond motifs is 1. The smallest absolute Gasteiger partial charge is 0.382 e. The van der Waals surface area contributed by atoms with Gasteiger partial charge in [-0.25, -0.2) is 9.50 Å². The molecule has 1 atom stereocenters. The summed E-state index contributed by atoms with van der Waals surface area (Å²) in [6.07, 6.45) is 2.44. The predicted molar refractivity (Wildman–Crippen MR) is 108 cm³/mol. The van der Waals surface area contributed by atoms with E-state index >= 15 is 0 Å². The second kappa shape index (κ2) is 8.51. The number of hydrogen-bond acceptors (Lipinski definition) is 4. The molecule has 0 amide bonds. The highest BCUT2D eigenvalue weighted by Crippen LogP contribution is 2.41. The third-order valence-electron chi connectivity index (χ3n) is 4.85. The van der Waals surface area contributed by atoms with Gasteiger partial charge in [-0.2, -0.15) is 13.2 Å². The number of aromatic nitrogens is 3. The van der Waals surface area contributed by atoms with Crippen molar-refractivity contribution in [3.8, 4) is 10.6 Å². The quantitative estimate of drug-likeness (QED) is 0.430. The van der Waals surface area contributed by atoms with E-state index < -0.39 is 11.1 Å². The minimum atomic E-state index is -4.36. The van der Waals surface area contributed by atoms with Crippen LogP contribution in [0.4, 0.5) is 19.0 Å². The molecule has 3 rings (SSSR count). The lowest BCUT2D eigenvalue weighted by Gasteiger charge is -2.11. The standard InChI is InChI=1S/C20H25F3N4S/c1-3-4-5-6-7-8-13(2)18-19(14-9-10-15(28-14)20(21,22)23)27-17(25-18)12-11-16(24)26-27/h9-13H,3-8H2,1-2H3,(H2,24,26). The van der Waals surface area contributed by atoms with Crippen LogP contribution in [0.2, 0.25) is 0 Å². The van der Waals surface area contributed by atoms with Gasteiger partial charge in [0.05, 0.1) is 10.6 Å². The summed E-state index contributed by atoms with van der Waals surface area (Å²) in [7, 11) is 0. The van der Waals surface area contributed by atoms with Gasteiger partial charge in [-0.15, -0.1) is 16.4 Å². The van der Waals surface area contributed by atoms with Crippen molar-refractivity contribution in [1.29, 1.82) is 0 Å². The Morgan fingerprint density at radius 3 is 2.54 bits per heavy atom. The van der Waals surface area contributed by atoms with Crippen molar-refractivity contribution in [3.05, 3.63) is 34.8 Å². The van der Waals surface area contributed by atoms with Crippen LogP contribution in [-0.2, 0) is 6.18 Å². The Morgan fingerprint density at radius 2 is 1.86 bits per heavy atom.